The van der Waals surface area contributed by atoms with Crippen LogP contribution in [0, 0.1) is 11.3 Å². The normalized spacial score (nSPS) is 11.8. The van der Waals surface area contributed by atoms with Crippen molar-refractivity contribution in [1.82, 2.24) is 14.8 Å². The van der Waals surface area contributed by atoms with Crippen LogP contribution >= 0.6 is 0 Å². The summed E-state index contributed by atoms with van der Waals surface area (Å²) in [4.78, 5) is 4.00. The van der Waals surface area contributed by atoms with Crippen molar-refractivity contribution in [2.45, 2.75) is 13.0 Å². The van der Waals surface area contributed by atoms with Gasteiger partial charge in [-0.25, -0.2) is 4.98 Å². The molecule has 0 aromatic carbocycles. The fourth-order valence-corrected chi connectivity index (χ4v) is 1.53. The Morgan fingerprint density at radius 1 is 1.41 bits per heavy atom. The number of aromatic nitrogens is 3. The van der Waals surface area contributed by atoms with Crippen LogP contribution in [0.15, 0.2) is 30.6 Å². The van der Waals surface area contributed by atoms with Gasteiger partial charge in [0.15, 0.2) is 0 Å². The minimum atomic E-state index is 0.103. The van der Waals surface area contributed by atoms with Crippen molar-refractivity contribution >= 4 is 5.69 Å². The lowest BCUT2D eigenvalue weighted by Gasteiger charge is -2.12. The number of hydrogen-bond acceptors (Lipinski definition) is 4. The van der Waals surface area contributed by atoms with Crippen molar-refractivity contribution in [2.24, 2.45) is 7.05 Å². The molecule has 0 aliphatic rings. The molecule has 0 saturated carbocycles. The summed E-state index contributed by atoms with van der Waals surface area (Å²) >= 11 is 0. The van der Waals surface area contributed by atoms with Gasteiger partial charge < -0.3 is 5.32 Å². The molecule has 2 aromatic heterocycles. The molecule has 5 nitrogen and oxygen atoms in total. The number of nitrogens with one attached hydrogen (secondary N) is 1. The third-order valence-corrected chi connectivity index (χ3v) is 2.44. The molecule has 0 amide bonds. The summed E-state index contributed by atoms with van der Waals surface area (Å²) in [6.45, 7) is 2.03. The summed E-state index contributed by atoms with van der Waals surface area (Å²) in [7, 11) is 1.89. The molecule has 2 rings (SSSR count). The molecular formula is C12H13N5. The van der Waals surface area contributed by atoms with Crippen LogP contribution in [-0.2, 0) is 7.05 Å². The van der Waals surface area contributed by atoms with E-state index in [1.165, 1.54) is 0 Å². The lowest BCUT2D eigenvalue weighted by atomic mass is 10.2. The number of nitrogens with zero attached hydrogens (tertiary/aromatic N) is 4. The molecule has 86 valence electrons. The number of aryl methyl sites for hydroxylation is 1. The van der Waals surface area contributed by atoms with Crippen molar-refractivity contribution < 1.29 is 0 Å². The quantitative estimate of drug-likeness (QED) is 0.869. The molecule has 2 aromatic rings. The number of anilines is 1. The molecule has 5 heteroatoms. The second kappa shape index (κ2) is 4.66. The van der Waals surface area contributed by atoms with E-state index in [0.717, 1.165) is 11.4 Å². The summed E-state index contributed by atoms with van der Waals surface area (Å²) in [6, 6.07) is 7.58. The lowest BCUT2D eigenvalue weighted by Crippen LogP contribution is -2.08. The van der Waals surface area contributed by atoms with Gasteiger partial charge in [-0.2, -0.15) is 10.4 Å². The van der Waals surface area contributed by atoms with E-state index in [-0.39, 0.29) is 6.04 Å². The Morgan fingerprint density at radius 2 is 2.24 bits per heavy atom. The Bertz CT molecular complexity index is 535. The van der Waals surface area contributed by atoms with E-state index in [0.29, 0.717) is 5.69 Å². The second-order valence-electron chi connectivity index (χ2n) is 3.82. The summed E-state index contributed by atoms with van der Waals surface area (Å²) < 4.78 is 1.77. The van der Waals surface area contributed by atoms with Crippen molar-refractivity contribution in [1.29, 1.82) is 5.26 Å². The van der Waals surface area contributed by atoms with Crippen LogP contribution in [0.25, 0.3) is 0 Å². The molecule has 0 fully saturated rings. The Hall–Kier alpha value is -2.35. The largest absolute Gasteiger partial charge is 0.376 e. The maximum Gasteiger partial charge on any atom is 0.140 e. The third kappa shape index (κ3) is 2.61. The van der Waals surface area contributed by atoms with Crippen LogP contribution in [-0.4, -0.2) is 14.8 Å². The number of hydrogen-bond donors (Lipinski definition) is 1. The first-order chi connectivity index (χ1) is 8.19. The minimum Gasteiger partial charge on any atom is -0.376 e. The Labute approximate surface area is 99.7 Å². The molecule has 0 bridgehead atoms. The van der Waals surface area contributed by atoms with Crippen molar-refractivity contribution in [2.75, 3.05) is 5.32 Å². The van der Waals surface area contributed by atoms with E-state index in [2.05, 4.69) is 15.4 Å². The Morgan fingerprint density at radius 3 is 2.76 bits per heavy atom. The number of rotatable bonds is 3. The van der Waals surface area contributed by atoms with Gasteiger partial charge in [-0.05, 0) is 25.1 Å². The summed E-state index contributed by atoms with van der Waals surface area (Å²) in [5.74, 6) is 0. The van der Waals surface area contributed by atoms with E-state index in [4.69, 9.17) is 5.26 Å². The lowest BCUT2D eigenvalue weighted by molar-refractivity contribution is 0.718. The third-order valence-electron chi connectivity index (χ3n) is 2.44. The van der Waals surface area contributed by atoms with E-state index in [9.17, 15) is 0 Å². The molecule has 0 unspecified atom stereocenters. The van der Waals surface area contributed by atoms with Gasteiger partial charge in [0.1, 0.15) is 11.8 Å². The maximum atomic E-state index is 8.65. The highest BCUT2D eigenvalue weighted by Gasteiger charge is 2.08. The number of nitriles is 1. The fourth-order valence-electron chi connectivity index (χ4n) is 1.53. The highest BCUT2D eigenvalue weighted by atomic mass is 15.3. The molecule has 1 atom stereocenters. The SMILES string of the molecule is C[C@H](Nc1ccc(C#N)nc1)c1ccn(C)n1. The fraction of sp³-hybridized carbons (Fsp3) is 0.250. The molecule has 0 radical (unpaired) electrons. The van der Waals surface area contributed by atoms with Crippen molar-refractivity contribution in [3.8, 4) is 6.07 Å². The molecule has 0 saturated heterocycles. The molecule has 0 aliphatic heterocycles. The van der Waals surface area contributed by atoms with Crippen LogP contribution in [0.3, 0.4) is 0 Å². The summed E-state index contributed by atoms with van der Waals surface area (Å²) in [5.41, 5.74) is 2.26. The zero-order chi connectivity index (χ0) is 12.3. The zero-order valence-electron chi connectivity index (χ0n) is 9.75. The van der Waals surface area contributed by atoms with Gasteiger partial charge in [-0.1, -0.05) is 0 Å². The molecule has 0 spiro atoms. The molecule has 2 heterocycles. The van der Waals surface area contributed by atoms with Crippen LogP contribution < -0.4 is 5.32 Å². The van der Waals surface area contributed by atoms with Crippen LogP contribution in [0.2, 0.25) is 0 Å². The van der Waals surface area contributed by atoms with Crippen molar-refractivity contribution in [3.05, 3.63) is 42.0 Å². The van der Waals surface area contributed by atoms with Gasteiger partial charge in [0.25, 0.3) is 0 Å². The molecular weight excluding hydrogens is 214 g/mol. The topological polar surface area (TPSA) is 66.5 Å². The van der Waals surface area contributed by atoms with E-state index in [1.807, 2.05) is 38.4 Å². The Balaban J connectivity index is 2.08. The van der Waals surface area contributed by atoms with E-state index >= 15 is 0 Å². The van der Waals surface area contributed by atoms with Crippen LogP contribution in [0.1, 0.15) is 24.4 Å². The van der Waals surface area contributed by atoms with Gasteiger partial charge >= 0.3 is 0 Å². The van der Waals surface area contributed by atoms with E-state index in [1.54, 1.807) is 16.9 Å². The van der Waals surface area contributed by atoms with Gasteiger partial charge in [0, 0.05) is 13.2 Å². The van der Waals surface area contributed by atoms with Gasteiger partial charge in [-0.3, -0.25) is 4.68 Å². The highest BCUT2D eigenvalue weighted by molar-refractivity contribution is 5.44. The predicted octanol–water partition coefficient (Wildman–Crippen LogP) is 1.86. The monoisotopic (exact) mass is 227 g/mol. The Kier molecular flexibility index (Phi) is 3.06. The van der Waals surface area contributed by atoms with Gasteiger partial charge in [0.05, 0.1) is 23.6 Å². The molecule has 17 heavy (non-hydrogen) atoms. The average molecular weight is 227 g/mol. The molecule has 1 N–H and O–H groups in total. The van der Waals surface area contributed by atoms with Crippen LogP contribution in [0.4, 0.5) is 5.69 Å². The first-order valence-corrected chi connectivity index (χ1v) is 5.31. The average Bonchev–Trinajstić information content (AvgIpc) is 2.77. The van der Waals surface area contributed by atoms with Crippen LogP contribution in [0.5, 0.6) is 0 Å². The molecule has 0 aliphatic carbocycles. The summed E-state index contributed by atoms with van der Waals surface area (Å²) in [6.07, 6.45) is 3.56. The smallest absolute Gasteiger partial charge is 0.140 e. The van der Waals surface area contributed by atoms with Crippen molar-refractivity contribution in [3.63, 3.8) is 0 Å². The summed E-state index contributed by atoms with van der Waals surface area (Å²) in [5, 5.41) is 16.2. The standard InChI is InChI=1S/C12H13N5/c1-9(12-5-6-17(2)16-12)15-11-4-3-10(7-13)14-8-11/h3-6,8-9,15H,1-2H3/t9-/m0/s1. The van der Waals surface area contributed by atoms with E-state index < -0.39 is 0 Å². The predicted molar refractivity (Wildman–Crippen MR) is 64.2 cm³/mol. The minimum absolute atomic E-state index is 0.103. The highest BCUT2D eigenvalue weighted by Crippen LogP contribution is 2.16. The second-order valence-corrected chi connectivity index (χ2v) is 3.82. The maximum absolute atomic E-state index is 8.65. The first kappa shape index (κ1) is 11.1. The van der Waals surface area contributed by atoms with Gasteiger partial charge in [0.2, 0.25) is 0 Å². The number of pyridine rings is 1. The first-order valence-electron chi connectivity index (χ1n) is 5.31. The zero-order valence-corrected chi connectivity index (χ0v) is 9.75. The van der Waals surface area contributed by atoms with Gasteiger partial charge in [-0.15, -0.1) is 0 Å².